The minimum absolute atomic E-state index is 0.690. The summed E-state index contributed by atoms with van der Waals surface area (Å²) in [6.07, 6.45) is 1.97. The molecule has 21 heavy (non-hydrogen) atoms. The zero-order valence-corrected chi connectivity index (χ0v) is 12.9. The number of hydrogen-bond donors (Lipinski definition) is 2. The lowest BCUT2D eigenvalue weighted by Crippen LogP contribution is -1.86. The van der Waals surface area contributed by atoms with Gasteiger partial charge in [0.1, 0.15) is 6.07 Å². The molecule has 3 rings (SSSR count). The summed E-state index contributed by atoms with van der Waals surface area (Å²) in [4.78, 5) is 9.62. The van der Waals surface area contributed by atoms with Gasteiger partial charge in [-0.15, -0.1) is 11.8 Å². The second kappa shape index (κ2) is 5.72. The molecule has 104 valence electrons. The van der Waals surface area contributed by atoms with E-state index in [4.69, 9.17) is 5.73 Å². The summed E-state index contributed by atoms with van der Waals surface area (Å²) in [5.41, 5.74) is 8.92. The highest BCUT2D eigenvalue weighted by molar-refractivity contribution is 7.99. The number of anilines is 1. The second-order valence-electron chi connectivity index (χ2n) is 4.37. The van der Waals surface area contributed by atoms with Gasteiger partial charge in [-0.25, -0.2) is 4.98 Å². The number of nitrogens with one attached hydrogen (secondary N) is 1. The molecule has 3 aromatic rings. The summed E-state index contributed by atoms with van der Waals surface area (Å²) in [7, 11) is 0. The smallest absolute Gasteiger partial charge is 0.171 e. The van der Waals surface area contributed by atoms with Crippen LogP contribution < -0.4 is 5.73 Å². The summed E-state index contributed by atoms with van der Waals surface area (Å²) in [6.45, 7) is 0. The number of fused-ring (bicyclic) bond motifs is 1. The van der Waals surface area contributed by atoms with Crippen molar-refractivity contribution in [2.45, 2.75) is 14.9 Å². The third kappa shape index (κ3) is 2.71. The van der Waals surface area contributed by atoms with E-state index < -0.39 is 0 Å². The van der Waals surface area contributed by atoms with Gasteiger partial charge in [-0.3, -0.25) is 0 Å². The van der Waals surface area contributed by atoms with Gasteiger partial charge in [-0.1, -0.05) is 17.8 Å². The van der Waals surface area contributed by atoms with Crippen LogP contribution in [0.15, 0.2) is 51.3 Å². The molecule has 3 N–H and O–H groups in total. The van der Waals surface area contributed by atoms with Crippen molar-refractivity contribution in [3.05, 3.63) is 42.0 Å². The molecule has 2 aromatic carbocycles. The van der Waals surface area contributed by atoms with E-state index in [9.17, 15) is 5.26 Å². The summed E-state index contributed by atoms with van der Waals surface area (Å²) < 4.78 is 0. The fraction of sp³-hybridized carbons (Fsp3) is 0.0667. The first-order valence-electron chi connectivity index (χ1n) is 6.21. The van der Waals surface area contributed by atoms with E-state index in [0.717, 1.165) is 26.0 Å². The van der Waals surface area contributed by atoms with E-state index >= 15 is 0 Å². The van der Waals surface area contributed by atoms with Gasteiger partial charge in [-0.2, -0.15) is 5.26 Å². The molecule has 0 unspecified atom stereocenters. The van der Waals surface area contributed by atoms with E-state index in [0.29, 0.717) is 11.3 Å². The van der Waals surface area contributed by atoms with Crippen molar-refractivity contribution < 1.29 is 0 Å². The maximum atomic E-state index is 9.36. The van der Waals surface area contributed by atoms with Crippen LogP contribution in [-0.4, -0.2) is 16.2 Å². The van der Waals surface area contributed by atoms with Gasteiger partial charge in [0.2, 0.25) is 0 Å². The molecule has 0 aliphatic carbocycles. The molecule has 0 aliphatic rings. The lowest BCUT2D eigenvalue weighted by atomic mass is 10.2. The molecule has 0 spiro atoms. The van der Waals surface area contributed by atoms with Crippen LogP contribution in [0.25, 0.3) is 11.0 Å². The lowest BCUT2D eigenvalue weighted by molar-refractivity contribution is 1.08. The highest BCUT2D eigenvalue weighted by Crippen LogP contribution is 2.34. The highest BCUT2D eigenvalue weighted by Gasteiger charge is 2.11. The molecule has 0 aliphatic heterocycles. The number of aromatic amines is 1. The Balaban J connectivity index is 2.01. The Bertz CT molecular complexity index is 848. The third-order valence-electron chi connectivity index (χ3n) is 3.01. The van der Waals surface area contributed by atoms with Crippen LogP contribution in [0.1, 0.15) is 5.56 Å². The first kappa shape index (κ1) is 13.9. The van der Waals surface area contributed by atoms with Gasteiger partial charge in [0.15, 0.2) is 5.16 Å². The predicted molar refractivity (Wildman–Crippen MR) is 87.6 cm³/mol. The molecule has 0 amide bonds. The fourth-order valence-corrected chi connectivity index (χ4v) is 3.59. The largest absolute Gasteiger partial charge is 0.399 e. The van der Waals surface area contributed by atoms with Gasteiger partial charge >= 0.3 is 0 Å². The van der Waals surface area contributed by atoms with E-state index in [-0.39, 0.29) is 0 Å². The standard InChI is InChI=1S/C15H12N4S2/c1-20-13-3-2-4-14(10(13)8-16)21-15-18-11-6-5-9(17)7-12(11)19-15/h2-7H,17H2,1H3,(H,18,19). The monoisotopic (exact) mass is 312 g/mol. The van der Waals surface area contributed by atoms with E-state index in [1.807, 2.05) is 42.7 Å². The Kier molecular flexibility index (Phi) is 3.78. The number of benzene rings is 2. The molecule has 6 heteroatoms. The number of nitriles is 1. The molecular weight excluding hydrogens is 300 g/mol. The second-order valence-corrected chi connectivity index (χ2v) is 6.24. The van der Waals surface area contributed by atoms with Crippen molar-refractivity contribution in [2.24, 2.45) is 0 Å². The molecule has 0 bridgehead atoms. The molecule has 4 nitrogen and oxygen atoms in total. The van der Waals surface area contributed by atoms with Crippen LogP contribution in [0.5, 0.6) is 0 Å². The Morgan fingerprint density at radius 3 is 2.81 bits per heavy atom. The van der Waals surface area contributed by atoms with Crippen molar-refractivity contribution in [3.8, 4) is 6.07 Å². The van der Waals surface area contributed by atoms with E-state index in [1.165, 1.54) is 11.8 Å². The number of nitrogen functional groups attached to an aromatic ring is 1. The first-order valence-corrected chi connectivity index (χ1v) is 8.25. The first-order chi connectivity index (χ1) is 10.2. The Labute approximate surface area is 130 Å². The van der Waals surface area contributed by atoms with Crippen molar-refractivity contribution in [1.82, 2.24) is 9.97 Å². The molecule has 1 aromatic heterocycles. The van der Waals surface area contributed by atoms with Crippen LogP contribution in [0, 0.1) is 11.3 Å². The zero-order valence-electron chi connectivity index (χ0n) is 11.3. The van der Waals surface area contributed by atoms with Gasteiger partial charge in [0.05, 0.1) is 16.6 Å². The molecule has 0 radical (unpaired) electrons. The predicted octanol–water partition coefficient (Wildman–Crippen LogP) is 3.89. The fourth-order valence-electron chi connectivity index (χ4n) is 2.03. The number of nitrogens with zero attached hydrogens (tertiary/aromatic N) is 2. The summed E-state index contributed by atoms with van der Waals surface area (Å²) >= 11 is 3.03. The Morgan fingerprint density at radius 2 is 2.05 bits per heavy atom. The maximum Gasteiger partial charge on any atom is 0.171 e. The van der Waals surface area contributed by atoms with Crippen molar-refractivity contribution >= 4 is 40.2 Å². The number of hydrogen-bond acceptors (Lipinski definition) is 5. The number of aromatic nitrogens is 2. The highest BCUT2D eigenvalue weighted by atomic mass is 32.2. The number of imidazole rings is 1. The molecule has 0 fully saturated rings. The average molecular weight is 312 g/mol. The molecule has 0 saturated carbocycles. The SMILES string of the molecule is CSc1cccc(Sc2nc3ccc(N)cc3[nH]2)c1C#N. The Morgan fingerprint density at radius 1 is 1.24 bits per heavy atom. The number of thioether (sulfide) groups is 1. The number of H-pyrrole nitrogens is 1. The molecule has 0 saturated heterocycles. The molecule has 0 atom stereocenters. The molecular formula is C15H12N4S2. The van der Waals surface area contributed by atoms with Crippen LogP contribution in [-0.2, 0) is 0 Å². The van der Waals surface area contributed by atoms with E-state index in [1.54, 1.807) is 11.8 Å². The quantitative estimate of drug-likeness (QED) is 0.566. The zero-order chi connectivity index (χ0) is 14.8. The summed E-state index contributed by atoms with van der Waals surface area (Å²) in [5.74, 6) is 0. The van der Waals surface area contributed by atoms with Crippen molar-refractivity contribution in [3.63, 3.8) is 0 Å². The van der Waals surface area contributed by atoms with Crippen LogP contribution in [0.2, 0.25) is 0 Å². The summed E-state index contributed by atoms with van der Waals surface area (Å²) in [5, 5.41) is 10.1. The van der Waals surface area contributed by atoms with Crippen LogP contribution >= 0.6 is 23.5 Å². The van der Waals surface area contributed by atoms with Gasteiger partial charge in [-0.05, 0) is 36.6 Å². The van der Waals surface area contributed by atoms with E-state index in [2.05, 4.69) is 16.0 Å². The van der Waals surface area contributed by atoms with Crippen LogP contribution in [0.3, 0.4) is 0 Å². The maximum absolute atomic E-state index is 9.36. The van der Waals surface area contributed by atoms with Gasteiger partial charge < -0.3 is 10.7 Å². The number of nitrogens with two attached hydrogens (primary N) is 1. The minimum Gasteiger partial charge on any atom is -0.399 e. The lowest BCUT2D eigenvalue weighted by Gasteiger charge is -2.05. The van der Waals surface area contributed by atoms with Gasteiger partial charge in [0, 0.05) is 15.5 Å². The van der Waals surface area contributed by atoms with Gasteiger partial charge in [0.25, 0.3) is 0 Å². The van der Waals surface area contributed by atoms with Crippen LogP contribution in [0.4, 0.5) is 5.69 Å². The average Bonchev–Trinajstić information content (AvgIpc) is 2.88. The summed E-state index contributed by atoms with van der Waals surface area (Å²) in [6, 6.07) is 13.7. The molecule has 1 heterocycles. The normalized spacial score (nSPS) is 10.7. The van der Waals surface area contributed by atoms with Crippen molar-refractivity contribution in [1.29, 1.82) is 5.26 Å². The third-order valence-corrected chi connectivity index (χ3v) is 4.74. The number of rotatable bonds is 3. The minimum atomic E-state index is 0.690. The topological polar surface area (TPSA) is 78.5 Å². The van der Waals surface area contributed by atoms with Crippen molar-refractivity contribution in [2.75, 3.05) is 12.0 Å². The Hall–Kier alpha value is -2.10.